The van der Waals surface area contributed by atoms with Gasteiger partial charge in [0.2, 0.25) is 6.79 Å². The van der Waals surface area contributed by atoms with Crippen LogP contribution >= 0.6 is 0 Å². The van der Waals surface area contributed by atoms with Gasteiger partial charge in [-0.1, -0.05) is 26.8 Å². The van der Waals surface area contributed by atoms with Crippen LogP contribution in [-0.2, 0) is 15.9 Å². The van der Waals surface area contributed by atoms with E-state index in [9.17, 15) is 0 Å². The van der Waals surface area contributed by atoms with Gasteiger partial charge in [0.05, 0.1) is 12.7 Å². The van der Waals surface area contributed by atoms with Crippen molar-refractivity contribution in [2.75, 3.05) is 13.4 Å². The summed E-state index contributed by atoms with van der Waals surface area (Å²) in [5, 5.41) is 0. The molecule has 2 aliphatic rings. The summed E-state index contributed by atoms with van der Waals surface area (Å²) >= 11 is 0. The van der Waals surface area contributed by atoms with E-state index in [0.29, 0.717) is 13.4 Å². The quantitative estimate of drug-likeness (QED) is 0.833. The molecule has 2 unspecified atom stereocenters. The first-order chi connectivity index (χ1) is 9.37. The minimum atomic E-state index is -0.520. The molecule has 2 aliphatic heterocycles. The van der Waals surface area contributed by atoms with E-state index in [1.165, 1.54) is 5.56 Å². The predicted molar refractivity (Wildman–Crippen MR) is 75.0 cm³/mol. The Morgan fingerprint density at radius 1 is 1.20 bits per heavy atom. The summed E-state index contributed by atoms with van der Waals surface area (Å²) in [5.74, 6) is 1.12. The lowest BCUT2D eigenvalue weighted by Crippen LogP contribution is -2.41. The smallest absolute Gasteiger partial charge is 0.231 e. The maximum atomic E-state index is 6.14. The molecule has 4 nitrogen and oxygen atoms in total. The molecule has 3 rings (SSSR count). The summed E-state index contributed by atoms with van der Waals surface area (Å²) < 4.78 is 22.8. The van der Waals surface area contributed by atoms with Gasteiger partial charge in [0.1, 0.15) is 0 Å². The van der Waals surface area contributed by atoms with E-state index in [1.54, 1.807) is 0 Å². The maximum absolute atomic E-state index is 6.14. The van der Waals surface area contributed by atoms with Crippen molar-refractivity contribution in [3.63, 3.8) is 0 Å². The summed E-state index contributed by atoms with van der Waals surface area (Å²) in [5.41, 5.74) is 1.14. The lowest BCUT2D eigenvalue weighted by molar-refractivity contribution is -0.217. The number of hydrogen-bond donors (Lipinski definition) is 0. The van der Waals surface area contributed by atoms with Crippen LogP contribution in [0.25, 0.3) is 0 Å². The van der Waals surface area contributed by atoms with Crippen molar-refractivity contribution in [1.82, 2.24) is 0 Å². The Hall–Kier alpha value is -1.26. The topological polar surface area (TPSA) is 36.9 Å². The zero-order valence-corrected chi connectivity index (χ0v) is 12.6. The first kappa shape index (κ1) is 13.7. The van der Waals surface area contributed by atoms with Crippen LogP contribution in [-0.4, -0.2) is 25.3 Å². The van der Waals surface area contributed by atoms with Crippen LogP contribution in [0.1, 0.15) is 33.3 Å². The SMILES string of the molecule is CC(C)(C)C1(C)OCC(Cc2ccc3c(c2)OCO3)O1. The van der Waals surface area contributed by atoms with Crippen LogP contribution in [0.2, 0.25) is 0 Å². The molecule has 0 N–H and O–H groups in total. The molecule has 0 saturated carbocycles. The van der Waals surface area contributed by atoms with Crippen molar-refractivity contribution in [1.29, 1.82) is 0 Å². The second kappa shape index (κ2) is 4.64. The maximum Gasteiger partial charge on any atom is 0.231 e. The molecule has 110 valence electrons. The van der Waals surface area contributed by atoms with E-state index in [0.717, 1.165) is 17.9 Å². The van der Waals surface area contributed by atoms with Crippen molar-refractivity contribution in [3.05, 3.63) is 23.8 Å². The lowest BCUT2D eigenvalue weighted by Gasteiger charge is -2.36. The minimum absolute atomic E-state index is 0.0450. The predicted octanol–water partition coefficient (Wildman–Crippen LogP) is 3.14. The van der Waals surface area contributed by atoms with E-state index in [4.69, 9.17) is 18.9 Å². The van der Waals surface area contributed by atoms with Gasteiger partial charge in [-0.15, -0.1) is 0 Å². The van der Waals surface area contributed by atoms with Gasteiger partial charge in [0, 0.05) is 11.8 Å². The van der Waals surface area contributed by atoms with E-state index in [-0.39, 0.29) is 11.5 Å². The zero-order chi connectivity index (χ0) is 14.4. The zero-order valence-electron chi connectivity index (χ0n) is 12.6. The first-order valence-corrected chi connectivity index (χ1v) is 7.08. The highest BCUT2D eigenvalue weighted by Crippen LogP contribution is 2.40. The van der Waals surface area contributed by atoms with Crippen molar-refractivity contribution in [2.24, 2.45) is 5.41 Å². The van der Waals surface area contributed by atoms with Crippen molar-refractivity contribution in [2.45, 2.75) is 46.0 Å². The number of rotatable bonds is 2. The minimum Gasteiger partial charge on any atom is -0.454 e. The summed E-state index contributed by atoms with van der Waals surface area (Å²) in [6.45, 7) is 9.36. The average molecular weight is 278 g/mol. The van der Waals surface area contributed by atoms with E-state index >= 15 is 0 Å². The van der Waals surface area contributed by atoms with Gasteiger partial charge in [-0.05, 0) is 24.6 Å². The normalized spacial score (nSPS) is 28.9. The molecule has 0 bridgehead atoms. The van der Waals surface area contributed by atoms with E-state index in [2.05, 4.69) is 26.8 Å². The summed E-state index contributed by atoms with van der Waals surface area (Å²) in [4.78, 5) is 0. The Labute approximate surface area is 120 Å². The molecular weight excluding hydrogens is 256 g/mol. The molecule has 2 heterocycles. The Morgan fingerprint density at radius 3 is 2.65 bits per heavy atom. The number of fused-ring (bicyclic) bond motifs is 1. The fourth-order valence-electron chi connectivity index (χ4n) is 2.46. The third-order valence-corrected chi connectivity index (χ3v) is 4.20. The van der Waals surface area contributed by atoms with Gasteiger partial charge in [0.25, 0.3) is 0 Å². The third-order valence-electron chi connectivity index (χ3n) is 4.20. The standard InChI is InChI=1S/C16H22O4/c1-15(2,3)16(4)19-9-12(20-16)7-11-5-6-13-14(8-11)18-10-17-13/h5-6,8,12H,7,9-10H2,1-4H3. The molecule has 0 radical (unpaired) electrons. The van der Waals surface area contributed by atoms with Gasteiger partial charge < -0.3 is 18.9 Å². The second-order valence-corrected chi connectivity index (χ2v) is 6.64. The molecule has 1 aromatic carbocycles. The molecular formula is C16H22O4. The van der Waals surface area contributed by atoms with Gasteiger partial charge in [0.15, 0.2) is 17.3 Å². The molecule has 0 spiro atoms. The number of ether oxygens (including phenoxy) is 4. The van der Waals surface area contributed by atoms with Crippen molar-refractivity contribution in [3.8, 4) is 11.5 Å². The molecule has 0 aromatic heterocycles. The first-order valence-electron chi connectivity index (χ1n) is 7.08. The summed E-state index contributed by atoms with van der Waals surface area (Å²) in [6.07, 6.45) is 0.905. The molecule has 0 aliphatic carbocycles. The summed E-state index contributed by atoms with van der Waals surface area (Å²) in [7, 11) is 0. The monoisotopic (exact) mass is 278 g/mol. The summed E-state index contributed by atoms with van der Waals surface area (Å²) in [6, 6.07) is 6.04. The average Bonchev–Trinajstić information content (AvgIpc) is 2.95. The lowest BCUT2D eigenvalue weighted by atomic mass is 9.87. The van der Waals surface area contributed by atoms with Gasteiger partial charge in [-0.3, -0.25) is 0 Å². The van der Waals surface area contributed by atoms with Crippen LogP contribution in [0.5, 0.6) is 11.5 Å². The molecule has 1 aromatic rings. The van der Waals surface area contributed by atoms with Crippen LogP contribution in [0.15, 0.2) is 18.2 Å². The Kier molecular flexibility index (Phi) is 3.18. The number of hydrogen-bond acceptors (Lipinski definition) is 4. The highest BCUT2D eigenvalue weighted by molar-refractivity contribution is 5.44. The molecule has 1 saturated heterocycles. The molecule has 1 fully saturated rings. The number of benzene rings is 1. The van der Waals surface area contributed by atoms with Crippen molar-refractivity contribution < 1.29 is 18.9 Å². The fourth-order valence-corrected chi connectivity index (χ4v) is 2.46. The van der Waals surface area contributed by atoms with Crippen LogP contribution in [0.3, 0.4) is 0 Å². The Morgan fingerprint density at radius 2 is 1.95 bits per heavy atom. The Balaban J connectivity index is 1.68. The van der Waals surface area contributed by atoms with E-state index < -0.39 is 5.79 Å². The largest absolute Gasteiger partial charge is 0.454 e. The molecule has 0 amide bonds. The highest BCUT2D eigenvalue weighted by Gasteiger charge is 2.46. The van der Waals surface area contributed by atoms with Gasteiger partial charge in [-0.2, -0.15) is 0 Å². The fraction of sp³-hybridized carbons (Fsp3) is 0.625. The third kappa shape index (κ3) is 2.38. The molecule has 2 atom stereocenters. The van der Waals surface area contributed by atoms with Crippen LogP contribution < -0.4 is 9.47 Å². The van der Waals surface area contributed by atoms with Crippen molar-refractivity contribution >= 4 is 0 Å². The second-order valence-electron chi connectivity index (χ2n) is 6.64. The van der Waals surface area contributed by atoms with Crippen LogP contribution in [0.4, 0.5) is 0 Å². The highest BCUT2D eigenvalue weighted by atomic mass is 16.7. The Bertz CT molecular complexity index is 506. The molecule has 4 heteroatoms. The van der Waals surface area contributed by atoms with E-state index in [1.807, 2.05) is 19.1 Å². The molecule has 20 heavy (non-hydrogen) atoms. The van der Waals surface area contributed by atoms with Gasteiger partial charge in [-0.25, -0.2) is 0 Å². The van der Waals surface area contributed by atoms with Gasteiger partial charge >= 0.3 is 0 Å². The van der Waals surface area contributed by atoms with Crippen LogP contribution in [0, 0.1) is 5.41 Å².